The van der Waals surface area contributed by atoms with Crippen molar-refractivity contribution in [3.05, 3.63) is 134 Å². The fourth-order valence-corrected chi connectivity index (χ4v) is 12.7. The topological polar surface area (TPSA) is 231 Å². The number of hydrogen-bond donors (Lipinski definition) is 4. The lowest BCUT2D eigenvalue weighted by atomic mass is 10.0. The molecule has 0 aliphatic rings. The van der Waals surface area contributed by atoms with Gasteiger partial charge in [-0.05, 0) is 116 Å². The number of carbonyl (C=O) groups is 3. The molecular formula is C87H150O16P2. The Kier molecular flexibility index (Phi) is 76.0. The van der Waals surface area contributed by atoms with Crippen LogP contribution in [0.2, 0.25) is 0 Å². The minimum absolute atomic E-state index is 0.106. The van der Waals surface area contributed by atoms with Crippen molar-refractivity contribution >= 4 is 33.6 Å². The standard InChI is InChI=1S/C87H150O16P2/c1-4-7-10-13-16-19-22-25-28-30-32-34-36-38-40-42-44-46-48-50-53-55-58-61-64-67-70-73-85(90)97-76-82(88)77-99-104(93,94)100-78-83(89)79-101-105(95,96)102-81-84(103-87(92)75-72-69-66-63-60-57-52-27-24-21-18-15-12-9-6-3)80-98-86(91)74-71-68-65-62-59-56-54-51-49-47-45-43-41-39-37-35-33-31-29-26-23-20-17-14-11-8-5-2/h7-8,10-11,16-17,19-20,25-26,28-29,32-35,38-41,44,46,82-84,88-89H,4-6,9,12-15,18,21-24,27,30-31,36-37,42-43,45,47-81H2,1-3H3,(H,93,94)(H,95,96)/b10-7-,11-8-,19-16-,20-17-,28-25-,29-26-,34-32-,35-33-,40-38-,41-39-,46-44-. The van der Waals surface area contributed by atoms with Crippen LogP contribution in [0.1, 0.15) is 342 Å². The molecule has 0 heterocycles. The molecule has 0 aromatic carbocycles. The van der Waals surface area contributed by atoms with Gasteiger partial charge in [0.2, 0.25) is 0 Å². The van der Waals surface area contributed by atoms with Gasteiger partial charge < -0.3 is 34.2 Å². The van der Waals surface area contributed by atoms with Crippen molar-refractivity contribution in [3.63, 3.8) is 0 Å². The molecule has 5 unspecified atom stereocenters. The van der Waals surface area contributed by atoms with Crippen LogP contribution in [0.5, 0.6) is 0 Å². The Balaban J connectivity index is 4.57. The first kappa shape index (κ1) is 101. The number of phosphoric acid groups is 2. The van der Waals surface area contributed by atoms with E-state index in [9.17, 15) is 43.5 Å². The van der Waals surface area contributed by atoms with Gasteiger partial charge in [0.15, 0.2) is 6.10 Å². The van der Waals surface area contributed by atoms with Gasteiger partial charge in [-0.1, -0.05) is 341 Å². The summed E-state index contributed by atoms with van der Waals surface area (Å²) in [6.07, 6.45) is 96.3. The Morgan fingerprint density at radius 2 is 0.505 bits per heavy atom. The number of aliphatic hydroxyl groups is 2. The highest BCUT2D eigenvalue weighted by Crippen LogP contribution is 2.45. The summed E-state index contributed by atoms with van der Waals surface area (Å²) < 4.78 is 61.3. The van der Waals surface area contributed by atoms with Crippen LogP contribution in [0.25, 0.3) is 0 Å². The minimum atomic E-state index is -4.93. The SMILES string of the molecule is CC/C=C\C/C=C\C/C=C\C/C=C\C/C=C\C/C=C\CCCCCCCCCCC(=O)OCC(O)COP(=O)(O)OCC(O)COP(=O)(O)OCC(COC(=O)CCCCCCCCCCCCC/C=C\C/C=C\C/C=C\C/C=C\C/C=C\CC)OC(=O)CCCCCCCCCCCCCCCCC. The smallest absolute Gasteiger partial charge is 0.463 e. The molecule has 5 atom stereocenters. The van der Waals surface area contributed by atoms with Gasteiger partial charge >= 0.3 is 33.6 Å². The first-order valence-corrected chi connectivity index (χ1v) is 44.5. The second-order valence-electron chi connectivity index (χ2n) is 27.5. The zero-order chi connectivity index (χ0) is 76.6. The third-order valence-electron chi connectivity index (χ3n) is 17.4. The van der Waals surface area contributed by atoms with Gasteiger partial charge in [-0.3, -0.25) is 32.5 Å². The quantitative estimate of drug-likeness (QED) is 0.0146. The Hall–Kier alpha value is -4.31. The van der Waals surface area contributed by atoms with Gasteiger partial charge in [-0.25, -0.2) is 9.13 Å². The molecule has 0 aromatic rings. The van der Waals surface area contributed by atoms with E-state index >= 15 is 0 Å². The van der Waals surface area contributed by atoms with Crippen molar-refractivity contribution in [1.29, 1.82) is 0 Å². The minimum Gasteiger partial charge on any atom is -0.463 e. The summed E-state index contributed by atoms with van der Waals surface area (Å²) in [5.41, 5.74) is 0. The van der Waals surface area contributed by atoms with Crippen LogP contribution in [0.3, 0.4) is 0 Å². The van der Waals surface area contributed by atoms with E-state index in [0.29, 0.717) is 19.3 Å². The molecule has 0 aliphatic heterocycles. The largest absolute Gasteiger partial charge is 0.472 e. The van der Waals surface area contributed by atoms with Gasteiger partial charge in [0.05, 0.1) is 26.4 Å². The normalized spacial score (nSPS) is 14.6. The van der Waals surface area contributed by atoms with Crippen molar-refractivity contribution in [2.75, 3.05) is 39.6 Å². The van der Waals surface area contributed by atoms with Crippen molar-refractivity contribution in [2.24, 2.45) is 0 Å². The monoisotopic (exact) mass is 1510 g/mol. The lowest BCUT2D eigenvalue weighted by Crippen LogP contribution is -2.30. The van der Waals surface area contributed by atoms with Crippen LogP contribution in [-0.4, -0.2) is 95.9 Å². The lowest BCUT2D eigenvalue weighted by Gasteiger charge is -2.21. The van der Waals surface area contributed by atoms with E-state index < -0.39 is 91.5 Å². The molecule has 0 rings (SSSR count). The van der Waals surface area contributed by atoms with E-state index in [2.05, 4.69) is 154 Å². The highest BCUT2D eigenvalue weighted by Gasteiger charge is 2.29. The summed E-state index contributed by atoms with van der Waals surface area (Å²) in [5.74, 6) is -1.57. The first-order chi connectivity index (χ1) is 51.2. The first-order valence-electron chi connectivity index (χ1n) is 41.5. The Morgan fingerprint density at radius 3 is 0.800 bits per heavy atom. The van der Waals surface area contributed by atoms with E-state index in [-0.39, 0.29) is 19.3 Å². The van der Waals surface area contributed by atoms with E-state index in [1.165, 1.54) is 122 Å². The van der Waals surface area contributed by atoms with Crippen LogP contribution in [0.15, 0.2) is 134 Å². The maximum atomic E-state index is 13.0. The van der Waals surface area contributed by atoms with Crippen LogP contribution >= 0.6 is 15.6 Å². The molecule has 0 radical (unpaired) electrons. The molecule has 604 valence electrons. The number of esters is 3. The summed E-state index contributed by atoms with van der Waals surface area (Å²) in [6, 6.07) is 0. The number of rotatable bonds is 78. The fraction of sp³-hybridized carbons (Fsp3) is 0.713. The lowest BCUT2D eigenvalue weighted by molar-refractivity contribution is -0.161. The molecule has 0 bridgehead atoms. The number of hydrogen-bond acceptors (Lipinski definition) is 14. The van der Waals surface area contributed by atoms with E-state index in [0.717, 1.165) is 161 Å². The number of unbranched alkanes of at least 4 members (excludes halogenated alkanes) is 33. The summed E-state index contributed by atoms with van der Waals surface area (Å²) in [4.78, 5) is 58.8. The predicted molar refractivity (Wildman–Crippen MR) is 436 cm³/mol. The number of phosphoric ester groups is 2. The van der Waals surface area contributed by atoms with Crippen molar-refractivity contribution in [2.45, 2.75) is 360 Å². The Morgan fingerprint density at radius 1 is 0.276 bits per heavy atom. The molecule has 0 aliphatic carbocycles. The molecule has 0 saturated heterocycles. The van der Waals surface area contributed by atoms with Crippen molar-refractivity contribution < 1.29 is 75.8 Å². The number of allylic oxidation sites excluding steroid dienone is 22. The average Bonchev–Trinajstić information content (AvgIpc) is 0.942. The maximum absolute atomic E-state index is 13.0. The van der Waals surface area contributed by atoms with E-state index in [1.54, 1.807) is 0 Å². The summed E-state index contributed by atoms with van der Waals surface area (Å²) in [5, 5.41) is 20.7. The molecule has 105 heavy (non-hydrogen) atoms. The summed E-state index contributed by atoms with van der Waals surface area (Å²) >= 11 is 0. The van der Waals surface area contributed by atoms with Crippen LogP contribution in [0, 0.1) is 0 Å². The molecule has 0 fully saturated rings. The van der Waals surface area contributed by atoms with Crippen LogP contribution in [0.4, 0.5) is 0 Å². The zero-order valence-electron chi connectivity index (χ0n) is 66.1. The van der Waals surface area contributed by atoms with Gasteiger partial charge in [-0.15, -0.1) is 0 Å². The molecule has 18 heteroatoms. The Labute approximate surface area is 639 Å². The molecule has 0 aromatic heterocycles. The van der Waals surface area contributed by atoms with Crippen molar-refractivity contribution in [1.82, 2.24) is 0 Å². The van der Waals surface area contributed by atoms with E-state index in [1.807, 2.05) is 0 Å². The summed E-state index contributed by atoms with van der Waals surface area (Å²) in [7, 11) is -9.79. The maximum Gasteiger partial charge on any atom is 0.472 e. The highest BCUT2D eigenvalue weighted by molar-refractivity contribution is 7.47. The molecule has 16 nitrogen and oxygen atoms in total. The number of carbonyl (C=O) groups excluding carboxylic acids is 3. The van der Waals surface area contributed by atoms with Crippen LogP contribution in [-0.2, 0) is 55.8 Å². The highest BCUT2D eigenvalue weighted by atomic mass is 31.2. The van der Waals surface area contributed by atoms with Gasteiger partial charge in [-0.2, -0.15) is 0 Å². The molecule has 0 amide bonds. The van der Waals surface area contributed by atoms with Gasteiger partial charge in [0.25, 0.3) is 0 Å². The van der Waals surface area contributed by atoms with Gasteiger partial charge in [0.1, 0.15) is 25.4 Å². The Bertz CT molecular complexity index is 2440. The molecule has 0 spiro atoms. The predicted octanol–water partition coefficient (Wildman–Crippen LogP) is 24.7. The molecule has 0 saturated carbocycles. The zero-order valence-corrected chi connectivity index (χ0v) is 67.9. The fourth-order valence-electron chi connectivity index (χ4n) is 11.1. The average molecular weight is 1510 g/mol. The van der Waals surface area contributed by atoms with Crippen molar-refractivity contribution in [3.8, 4) is 0 Å². The van der Waals surface area contributed by atoms with Gasteiger partial charge in [0, 0.05) is 19.3 Å². The van der Waals surface area contributed by atoms with E-state index in [4.69, 9.17) is 32.3 Å². The second kappa shape index (κ2) is 79.2. The molecule has 4 N–H and O–H groups in total. The third-order valence-corrected chi connectivity index (χ3v) is 19.3. The second-order valence-corrected chi connectivity index (χ2v) is 30.4. The molecular weight excluding hydrogens is 1360 g/mol. The summed E-state index contributed by atoms with van der Waals surface area (Å²) in [6.45, 7) is 2.48. The number of ether oxygens (including phenoxy) is 3. The van der Waals surface area contributed by atoms with Crippen LogP contribution < -0.4 is 0 Å². The number of aliphatic hydroxyl groups excluding tert-OH is 2. The third kappa shape index (κ3) is 80.5.